The minimum absolute atomic E-state index is 0.591. The minimum atomic E-state index is 0.591. The molecule has 0 N–H and O–H groups in total. The number of fused-ring (bicyclic) bond motifs is 18. The zero-order chi connectivity index (χ0) is 90.8. The van der Waals surface area contributed by atoms with Crippen LogP contribution in [-0.4, -0.2) is 48.2 Å². The van der Waals surface area contributed by atoms with E-state index in [1.54, 1.807) is 0 Å². The molecule has 0 saturated heterocycles. The lowest BCUT2D eigenvalue weighted by molar-refractivity contribution is 0.668. The summed E-state index contributed by atoms with van der Waals surface area (Å²) >= 11 is 0. The molecule has 0 atom stereocenters. The number of hydrogen-bond acceptors (Lipinski definition) is 8. The third-order valence-electron chi connectivity index (χ3n) is 27.1. The Morgan fingerprint density at radius 1 is 0.138 bits per heavy atom. The second-order valence-corrected chi connectivity index (χ2v) is 35.2. The van der Waals surface area contributed by atoms with Crippen LogP contribution in [0.15, 0.2) is 482 Å². The molecule has 644 valence electrons. The van der Waals surface area contributed by atoms with E-state index in [9.17, 15) is 0 Å². The summed E-state index contributed by atoms with van der Waals surface area (Å²) in [6.45, 7) is 0. The van der Waals surface area contributed by atoms with Gasteiger partial charge in [-0.05, 0) is 208 Å². The Bertz CT molecular complexity index is 9580. The topological polar surface area (TPSA) is 123 Å². The van der Waals surface area contributed by atoms with E-state index in [1.807, 2.05) is 146 Å². The highest BCUT2D eigenvalue weighted by Gasteiger charge is 2.26. The molecule has 12 nitrogen and oxygen atoms in total. The molecule has 8 aromatic heterocycles. The molecular formula is C126H78N10O2. The first kappa shape index (κ1) is 79.0. The summed E-state index contributed by atoms with van der Waals surface area (Å²) in [5.74, 6) is 3.69. The van der Waals surface area contributed by atoms with E-state index in [1.165, 1.54) is 87.4 Å². The maximum atomic E-state index is 6.57. The van der Waals surface area contributed by atoms with Crippen molar-refractivity contribution in [1.82, 2.24) is 48.2 Å². The first-order valence-electron chi connectivity index (χ1n) is 46.5. The van der Waals surface area contributed by atoms with E-state index in [-0.39, 0.29) is 0 Å². The maximum absolute atomic E-state index is 6.57. The molecule has 0 aliphatic heterocycles. The van der Waals surface area contributed by atoms with E-state index in [0.717, 1.165) is 144 Å². The van der Waals surface area contributed by atoms with Gasteiger partial charge in [-0.2, -0.15) is 0 Å². The highest BCUT2D eigenvalue weighted by atomic mass is 16.3. The Balaban J connectivity index is 0.000000139. The van der Waals surface area contributed by atoms with Gasteiger partial charge in [0, 0.05) is 121 Å². The number of nitrogens with zero attached hydrogens (tertiary/aromatic N) is 10. The quantitative estimate of drug-likeness (QED) is 0.105. The highest BCUT2D eigenvalue weighted by Crippen LogP contribution is 2.47. The third kappa shape index (κ3) is 13.4. The van der Waals surface area contributed by atoms with Gasteiger partial charge < -0.3 is 27.1 Å². The fourth-order valence-electron chi connectivity index (χ4n) is 20.7. The van der Waals surface area contributed by atoms with Crippen LogP contribution < -0.4 is 0 Å². The second-order valence-electron chi connectivity index (χ2n) is 35.2. The Morgan fingerprint density at radius 2 is 0.420 bits per heavy atom. The first-order chi connectivity index (χ1) is 68.4. The van der Waals surface area contributed by atoms with Crippen molar-refractivity contribution in [3.63, 3.8) is 0 Å². The van der Waals surface area contributed by atoms with Gasteiger partial charge in [-0.3, -0.25) is 0 Å². The molecule has 28 aromatic rings. The van der Waals surface area contributed by atoms with Gasteiger partial charge in [0.1, 0.15) is 22.3 Å². The van der Waals surface area contributed by atoms with Gasteiger partial charge in [0.05, 0.1) is 44.1 Å². The summed E-state index contributed by atoms with van der Waals surface area (Å²) in [5, 5.41) is 13.8. The fourth-order valence-corrected chi connectivity index (χ4v) is 20.7. The standard InChI is InChI=1S/2C63H39N5O/c1-5-17-40(18-6-1)61-64-62(41-19-7-2-8-20-41)66-63(65-61)50-27-16-30-58-60(50)52-37-42(33-36-57(52)69-58)43-31-34-48-51-38-44(32-35-54(51)68(56(48)39-43)46-23-11-4-12-24-46)47-26-15-29-55-59(47)49-25-13-14-28-53(49)67(55)45-21-9-3-10-22-45;1-5-15-40(16-6-1)61-64-62(41-17-7-2-8-18-41)66-63(65-61)46-29-34-60-54(38-46)53-37-44(28-33-59(53)69-60)45-25-30-50-52-36-43(27-32-57(52)68(58(50)39-45)48-21-11-4-12-22-48)42-26-31-56-51(35-42)49-23-13-14-24-55(49)67(56)47-19-9-3-10-20-47/h2*1-39H. The first-order valence-corrected chi connectivity index (χ1v) is 46.5. The molecule has 8 heterocycles. The van der Waals surface area contributed by atoms with Gasteiger partial charge in [0.2, 0.25) is 0 Å². The average molecular weight is 1760 g/mol. The van der Waals surface area contributed by atoms with E-state index >= 15 is 0 Å². The van der Waals surface area contributed by atoms with Crippen LogP contribution in [0.4, 0.5) is 0 Å². The van der Waals surface area contributed by atoms with Gasteiger partial charge in [-0.15, -0.1) is 0 Å². The van der Waals surface area contributed by atoms with Gasteiger partial charge in [-0.1, -0.05) is 309 Å². The molecule has 0 bridgehead atoms. The molecule has 20 aromatic carbocycles. The van der Waals surface area contributed by atoms with Crippen molar-refractivity contribution in [2.24, 2.45) is 0 Å². The summed E-state index contributed by atoms with van der Waals surface area (Å²) in [6.07, 6.45) is 0. The van der Waals surface area contributed by atoms with E-state index in [0.29, 0.717) is 34.9 Å². The Morgan fingerprint density at radius 3 is 0.884 bits per heavy atom. The van der Waals surface area contributed by atoms with Crippen molar-refractivity contribution in [2.45, 2.75) is 0 Å². The molecule has 0 aliphatic carbocycles. The molecule has 0 saturated carbocycles. The summed E-state index contributed by atoms with van der Waals surface area (Å²) in [6, 6.07) is 167. The van der Waals surface area contributed by atoms with Crippen molar-refractivity contribution in [3.05, 3.63) is 473 Å². The van der Waals surface area contributed by atoms with Crippen LogP contribution in [0.25, 0.3) is 267 Å². The van der Waals surface area contributed by atoms with Gasteiger partial charge in [0.15, 0.2) is 34.9 Å². The summed E-state index contributed by atoms with van der Waals surface area (Å²) in [4.78, 5) is 30.1. The Labute approximate surface area is 791 Å². The van der Waals surface area contributed by atoms with Crippen LogP contribution in [0.3, 0.4) is 0 Å². The fraction of sp³-hybridized carbons (Fsp3) is 0. The maximum Gasteiger partial charge on any atom is 0.164 e. The second kappa shape index (κ2) is 32.6. The van der Waals surface area contributed by atoms with Crippen LogP contribution in [-0.2, 0) is 0 Å². The number of para-hydroxylation sites is 6. The van der Waals surface area contributed by atoms with Crippen LogP contribution in [0.5, 0.6) is 0 Å². The van der Waals surface area contributed by atoms with Crippen molar-refractivity contribution in [1.29, 1.82) is 0 Å². The number of rotatable bonds is 14. The van der Waals surface area contributed by atoms with E-state index in [4.69, 9.17) is 38.7 Å². The Kier molecular flexibility index (Phi) is 18.7. The largest absolute Gasteiger partial charge is 0.456 e. The smallest absolute Gasteiger partial charge is 0.164 e. The monoisotopic (exact) mass is 1760 g/mol. The highest BCUT2D eigenvalue weighted by molar-refractivity contribution is 6.20. The van der Waals surface area contributed by atoms with Gasteiger partial charge >= 0.3 is 0 Å². The Hall–Kier alpha value is -18.8. The van der Waals surface area contributed by atoms with Gasteiger partial charge in [-0.25, -0.2) is 29.9 Å². The number of aromatic nitrogens is 10. The number of benzene rings is 20. The molecular weight excluding hydrogens is 1690 g/mol. The minimum Gasteiger partial charge on any atom is -0.456 e. The molecule has 0 aliphatic rings. The SMILES string of the molecule is c1ccc(-c2nc(-c3ccccc3)nc(-c3ccc4oc5ccc(-c6ccc7c8cc(-c9ccc%10c(c9)c9ccccc9n%10-c9ccccc9)ccc8n(-c8ccccc8)c7c6)cc5c4c3)n2)cc1.c1ccc(-c2nc(-c3ccccc3)nc(-c3cccc4oc5ccc(-c6ccc7c8cc(-c9cccc%10c9c9ccccc9n%10-c9ccccc9)ccc8n(-c8ccccc8)c7c6)cc5c34)n2)cc1. The summed E-state index contributed by atoms with van der Waals surface area (Å²) < 4.78 is 22.6. The van der Waals surface area contributed by atoms with Crippen molar-refractivity contribution in [3.8, 4) is 136 Å². The molecule has 28 rings (SSSR count). The molecule has 0 radical (unpaired) electrons. The van der Waals surface area contributed by atoms with E-state index in [2.05, 4.69) is 346 Å². The van der Waals surface area contributed by atoms with Gasteiger partial charge in [0.25, 0.3) is 0 Å². The van der Waals surface area contributed by atoms with Crippen LogP contribution >= 0.6 is 0 Å². The van der Waals surface area contributed by atoms with Crippen molar-refractivity contribution < 1.29 is 8.83 Å². The lowest BCUT2D eigenvalue weighted by Gasteiger charge is -2.10. The lowest BCUT2D eigenvalue weighted by atomic mass is 9.97. The molecule has 138 heavy (non-hydrogen) atoms. The zero-order valence-corrected chi connectivity index (χ0v) is 74.3. The van der Waals surface area contributed by atoms with Crippen molar-refractivity contribution in [2.75, 3.05) is 0 Å². The molecule has 0 spiro atoms. The number of furan rings is 2. The molecule has 12 heteroatoms. The normalized spacial score (nSPS) is 11.8. The van der Waals surface area contributed by atoms with Crippen LogP contribution in [0.1, 0.15) is 0 Å². The average Bonchev–Trinajstić information content (AvgIpc) is 1.57. The number of hydrogen-bond donors (Lipinski definition) is 0. The van der Waals surface area contributed by atoms with Crippen LogP contribution in [0.2, 0.25) is 0 Å². The predicted octanol–water partition coefficient (Wildman–Crippen LogP) is 32.6. The van der Waals surface area contributed by atoms with Crippen LogP contribution in [0, 0.1) is 0 Å². The molecule has 0 fully saturated rings. The molecule has 0 amide bonds. The van der Waals surface area contributed by atoms with E-state index < -0.39 is 0 Å². The molecule has 0 unspecified atom stereocenters. The predicted molar refractivity (Wildman–Crippen MR) is 566 cm³/mol. The summed E-state index contributed by atoms with van der Waals surface area (Å²) in [5.41, 5.74) is 31.8. The lowest BCUT2D eigenvalue weighted by Crippen LogP contribution is -2.00. The van der Waals surface area contributed by atoms with Crippen molar-refractivity contribution >= 4 is 131 Å². The summed E-state index contributed by atoms with van der Waals surface area (Å²) in [7, 11) is 0. The zero-order valence-electron chi connectivity index (χ0n) is 74.3. The third-order valence-corrected chi connectivity index (χ3v) is 27.1.